The Morgan fingerprint density at radius 3 is 3.00 bits per heavy atom. The molecule has 0 spiro atoms. The first kappa shape index (κ1) is 13.1. The zero-order valence-electron chi connectivity index (χ0n) is 10.6. The predicted molar refractivity (Wildman–Crippen MR) is 73.6 cm³/mol. The monoisotopic (exact) mass is 253 g/mol. The molecule has 0 radical (unpaired) electrons. The van der Waals surface area contributed by atoms with Crippen molar-refractivity contribution in [3.8, 4) is 0 Å². The van der Waals surface area contributed by atoms with Gasteiger partial charge in [0.1, 0.15) is 0 Å². The van der Waals surface area contributed by atoms with E-state index >= 15 is 0 Å². The summed E-state index contributed by atoms with van der Waals surface area (Å²) < 4.78 is 0. The number of hydrogen-bond donors (Lipinski definition) is 1. The quantitative estimate of drug-likeness (QED) is 0.788. The third-order valence-electron chi connectivity index (χ3n) is 3.82. The van der Waals surface area contributed by atoms with Crippen molar-refractivity contribution in [2.75, 3.05) is 19.7 Å². The van der Waals surface area contributed by atoms with E-state index in [-0.39, 0.29) is 0 Å². The summed E-state index contributed by atoms with van der Waals surface area (Å²) in [6, 6.07) is 2.99. The van der Waals surface area contributed by atoms with E-state index in [1.165, 1.54) is 31.5 Å². The van der Waals surface area contributed by atoms with Gasteiger partial charge in [-0.15, -0.1) is 0 Å². The summed E-state index contributed by atoms with van der Waals surface area (Å²) in [7, 11) is 0. The molecule has 1 fully saturated rings. The Morgan fingerprint density at radius 1 is 1.41 bits per heavy atom. The Hall–Kier alpha value is -0.380. The van der Waals surface area contributed by atoms with Crippen LogP contribution in [-0.2, 0) is 0 Å². The lowest BCUT2D eigenvalue weighted by Gasteiger charge is -2.20. The molecule has 0 unspecified atom stereocenters. The van der Waals surface area contributed by atoms with Crippen LogP contribution in [0.1, 0.15) is 44.1 Å². The molecule has 1 aliphatic rings. The van der Waals surface area contributed by atoms with Gasteiger partial charge in [0.25, 0.3) is 0 Å². The summed E-state index contributed by atoms with van der Waals surface area (Å²) in [5.74, 6) is 0.745. The van der Waals surface area contributed by atoms with E-state index in [1.807, 2.05) is 11.3 Å². The smallest absolute Gasteiger partial charge is 0.0431 e. The van der Waals surface area contributed by atoms with Crippen molar-refractivity contribution in [2.45, 2.75) is 44.6 Å². The van der Waals surface area contributed by atoms with Crippen LogP contribution in [0, 0.1) is 0 Å². The van der Waals surface area contributed by atoms with E-state index in [1.54, 1.807) is 0 Å². The van der Waals surface area contributed by atoms with Gasteiger partial charge in [0.05, 0.1) is 0 Å². The highest BCUT2D eigenvalue weighted by Crippen LogP contribution is 2.32. The fourth-order valence-corrected chi connectivity index (χ4v) is 3.50. The number of unbranched alkanes of at least 4 members (excludes halogenated alkanes) is 2. The van der Waals surface area contributed by atoms with Gasteiger partial charge in [0, 0.05) is 19.2 Å². The summed E-state index contributed by atoms with van der Waals surface area (Å²) in [5, 5.41) is 13.2. The summed E-state index contributed by atoms with van der Waals surface area (Å²) in [4.78, 5) is 2.61. The molecule has 2 rings (SSSR count). The fourth-order valence-electron chi connectivity index (χ4n) is 2.76. The maximum absolute atomic E-state index is 8.76. The Bertz CT molecular complexity index is 312. The molecule has 2 nitrogen and oxygen atoms in total. The lowest BCUT2D eigenvalue weighted by molar-refractivity contribution is 0.248. The standard InChI is InChI=1S/C14H23NOS/c1-12-9-14(13-5-8-17-11-13)10-15(12)6-3-2-4-7-16/h5,8,11-12,14,16H,2-4,6-7,9-10H2,1H3/t12-,14+/m0/s1. The van der Waals surface area contributed by atoms with E-state index in [0.29, 0.717) is 12.6 Å². The minimum absolute atomic E-state index is 0.340. The maximum atomic E-state index is 8.76. The average Bonchev–Trinajstić information content (AvgIpc) is 2.94. The van der Waals surface area contributed by atoms with Crippen LogP contribution < -0.4 is 0 Å². The van der Waals surface area contributed by atoms with Crippen LogP contribution in [0.5, 0.6) is 0 Å². The van der Waals surface area contributed by atoms with Crippen LogP contribution in [-0.4, -0.2) is 35.7 Å². The number of hydrogen-bond acceptors (Lipinski definition) is 3. The summed E-state index contributed by atoms with van der Waals surface area (Å²) in [6.07, 6.45) is 4.64. The van der Waals surface area contributed by atoms with Gasteiger partial charge >= 0.3 is 0 Å². The third kappa shape index (κ3) is 3.54. The number of nitrogens with zero attached hydrogens (tertiary/aromatic N) is 1. The zero-order valence-corrected chi connectivity index (χ0v) is 11.5. The normalized spacial score (nSPS) is 25.5. The minimum atomic E-state index is 0.340. The summed E-state index contributed by atoms with van der Waals surface area (Å²) >= 11 is 1.81. The third-order valence-corrected chi connectivity index (χ3v) is 4.52. The van der Waals surface area contributed by atoms with Crippen LogP contribution in [0.3, 0.4) is 0 Å². The van der Waals surface area contributed by atoms with Crippen LogP contribution in [0.2, 0.25) is 0 Å². The molecular formula is C14H23NOS. The van der Waals surface area contributed by atoms with Crippen LogP contribution in [0.15, 0.2) is 16.8 Å². The summed E-state index contributed by atoms with van der Waals surface area (Å²) in [5.41, 5.74) is 1.53. The minimum Gasteiger partial charge on any atom is -0.396 e. The number of aliphatic hydroxyl groups is 1. The lowest BCUT2D eigenvalue weighted by Crippen LogP contribution is -2.28. The predicted octanol–water partition coefficient (Wildman–Crippen LogP) is 3.09. The number of likely N-dealkylation sites (tertiary alicyclic amines) is 1. The second kappa shape index (κ2) is 6.53. The largest absolute Gasteiger partial charge is 0.396 e. The number of thiophene rings is 1. The fraction of sp³-hybridized carbons (Fsp3) is 0.714. The first-order valence-corrected chi connectivity index (χ1v) is 7.62. The molecule has 0 aliphatic carbocycles. The van der Waals surface area contributed by atoms with Gasteiger partial charge in [-0.3, -0.25) is 0 Å². The summed E-state index contributed by atoms with van der Waals surface area (Å²) in [6.45, 7) is 5.10. The molecule has 0 amide bonds. The molecular weight excluding hydrogens is 230 g/mol. The molecule has 3 heteroatoms. The van der Waals surface area contributed by atoms with Gasteiger partial charge in [-0.2, -0.15) is 11.3 Å². The molecule has 1 aromatic rings. The Kier molecular flexibility index (Phi) is 5.01. The van der Waals surface area contributed by atoms with Gasteiger partial charge in [-0.05, 0) is 67.5 Å². The van der Waals surface area contributed by atoms with Crippen molar-refractivity contribution in [3.63, 3.8) is 0 Å². The zero-order chi connectivity index (χ0) is 12.1. The van der Waals surface area contributed by atoms with Crippen molar-refractivity contribution < 1.29 is 5.11 Å². The van der Waals surface area contributed by atoms with E-state index in [4.69, 9.17) is 5.11 Å². The second-order valence-corrected chi connectivity index (χ2v) is 5.90. The van der Waals surface area contributed by atoms with Crippen LogP contribution in [0.4, 0.5) is 0 Å². The lowest BCUT2D eigenvalue weighted by atomic mass is 10.00. The van der Waals surface area contributed by atoms with Gasteiger partial charge in [-0.1, -0.05) is 0 Å². The van der Waals surface area contributed by atoms with Gasteiger partial charge in [0.2, 0.25) is 0 Å². The van der Waals surface area contributed by atoms with Gasteiger partial charge < -0.3 is 10.0 Å². The van der Waals surface area contributed by atoms with Crippen molar-refractivity contribution in [2.24, 2.45) is 0 Å². The molecule has 2 heterocycles. The SMILES string of the molecule is C[C@H]1C[C@@H](c2ccsc2)CN1CCCCCO. The Labute approximate surface area is 108 Å². The first-order valence-electron chi connectivity index (χ1n) is 6.68. The molecule has 1 aromatic heterocycles. The molecule has 0 aromatic carbocycles. The molecule has 0 saturated carbocycles. The van der Waals surface area contributed by atoms with E-state index in [9.17, 15) is 0 Å². The van der Waals surface area contributed by atoms with Gasteiger partial charge in [-0.25, -0.2) is 0 Å². The van der Waals surface area contributed by atoms with E-state index in [2.05, 4.69) is 28.7 Å². The van der Waals surface area contributed by atoms with Crippen molar-refractivity contribution in [3.05, 3.63) is 22.4 Å². The molecule has 2 atom stereocenters. The average molecular weight is 253 g/mol. The van der Waals surface area contributed by atoms with Crippen molar-refractivity contribution >= 4 is 11.3 Å². The molecule has 0 bridgehead atoms. The Morgan fingerprint density at radius 2 is 2.29 bits per heavy atom. The highest BCUT2D eigenvalue weighted by molar-refractivity contribution is 7.07. The van der Waals surface area contributed by atoms with Crippen molar-refractivity contribution in [1.29, 1.82) is 0 Å². The van der Waals surface area contributed by atoms with E-state index < -0.39 is 0 Å². The number of aliphatic hydroxyl groups excluding tert-OH is 1. The molecule has 1 aliphatic heterocycles. The maximum Gasteiger partial charge on any atom is 0.0431 e. The highest BCUT2D eigenvalue weighted by atomic mass is 32.1. The molecule has 1 N–H and O–H groups in total. The van der Waals surface area contributed by atoms with Crippen molar-refractivity contribution in [1.82, 2.24) is 4.90 Å². The molecule has 17 heavy (non-hydrogen) atoms. The molecule has 96 valence electrons. The highest BCUT2D eigenvalue weighted by Gasteiger charge is 2.29. The second-order valence-electron chi connectivity index (χ2n) is 5.12. The van der Waals surface area contributed by atoms with Gasteiger partial charge in [0.15, 0.2) is 0 Å². The van der Waals surface area contributed by atoms with Crippen LogP contribution in [0.25, 0.3) is 0 Å². The van der Waals surface area contributed by atoms with E-state index in [0.717, 1.165) is 18.8 Å². The first-order chi connectivity index (χ1) is 8.31. The Balaban J connectivity index is 1.77. The molecule has 1 saturated heterocycles. The van der Waals surface area contributed by atoms with Crippen LogP contribution >= 0.6 is 11.3 Å². The topological polar surface area (TPSA) is 23.5 Å². The number of rotatable bonds is 6.